The zero-order valence-corrected chi connectivity index (χ0v) is 25.7. The van der Waals surface area contributed by atoms with Gasteiger partial charge in [-0.1, -0.05) is 136 Å². The van der Waals surface area contributed by atoms with E-state index in [1.54, 1.807) is 0 Å². The molecule has 0 saturated heterocycles. The van der Waals surface area contributed by atoms with Crippen LogP contribution in [-0.2, 0) is 9.53 Å². The number of quaternary nitrogens is 1. The summed E-state index contributed by atoms with van der Waals surface area (Å²) in [6.07, 6.45) is 28.8. The fraction of sp³-hybridized carbons (Fsp3) is 0.970. The fourth-order valence-electron chi connectivity index (χ4n) is 5.30. The van der Waals surface area contributed by atoms with Crippen molar-refractivity contribution < 1.29 is 14.0 Å². The molecule has 0 aromatic heterocycles. The average molecular weight is 511 g/mol. The summed E-state index contributed by atoms with van der Waals surface area (Å²) in [4.78, 5) is 13.2. The Bertz CT molecular complexity index is 461. The highest BCUT2D eigenvalue weighted by molar-refractivity contribution is 5.83. The highest BCUT2D eigenvalue weighted by Crippen LogP contribution is 2.17. The van der Waals surface area contributed by atoms with E-state index in [0.717, 1.165) is 43.4 Å². The van der Waals surface area contributed by atoms with Gasteiger partial charge in [-0.05, 0) is 26.7 Å². The molecule has 0 saturated carbocycles. The molecule has 0 fully saturated rings. The maximum Gasteiger partial charge on any atom is 0.192 e. The SMILES string of the molecule is CCCCCCCCCCCCCCOCC(C(=O)CCCCCCCCCCC)[N+](C)(CC)CC. The monoisotopic (exact) mass is 511 g/mol. The number of carbonyl (C=O) groups is 1. The van der Waals surface area contributed by atoms with Crippen LogP contribution >= 0.6 is 0 Å². The number of ether oxygens (including phenoxy) is 1. The van der Waals surface area contributed by atoms with Crippen LogP contribution in [0.2, 0.25) is 0 Å². The van der Waals surface area contributed by atoms with E-state index in [1.165, 1.54) is 122 Å². The molecule has 0 spiro atoms. The van der Waals surface area contributed by atoms with Crippen molar-refractivity contribution in [3.8, 4) is 0 Å². The number of likely N-dealkylation sites (N-methyl/N-ethyl adjacent to an activating group) is 1. The second kappa shape index (κ2) is 26.2. The lowest BCUT2D eigenvalue weighted by atomic mass is 10.0. The molecular formula is C33H68NO2+. The number of carbonyl (C=O) groups excluding carboxylic acids is 1. The molecule has 0 radical (unpaired) electrons. The number of Topliss-reactive ketones (excluding diaryl/α,β-unsaturated/α-hetero) is 1. The smallest absolute Gasteiger partial charge is 0.192 e. The van der Waals surface area contributed by atoms with Gasteiger partial charge in [0, 0.05) is 13.0 Å². The predicted molar refractivity (Wildman–Crippen MR) is 160 cm³/mol. The fourth-order valence-corrected chi connectivity index (χ4v) is 5.30. The van der Waals surface area contributed by atoms with Crippen molar-refractivity contribution >= 4 is 5.78 Å². The molecule has 1 unspecified atom stereocenters. The molecule has 0 aromatic rings. The summed E-state index contributed by atoms with van der Waals surface area (Å²) in [6, 6.07) is 0.00590. The van der Waals surface area contributed by atoms with E-state index in [0.29, 0.717) is 12.4 Å². The largest absolute Gasteiger partial charge is 0.375 e. The van der Waals surface area contributed by atoms with Crippen LogP contribution in [0.3, 0.4) is 0 Å². The lowest BCUT2D eigenvalue weighted by Crippen LogP contribution is -2.57. The molecule has 0 aromatic carbocycles. The van der Waals surface area contributed by atoms with Crippen molar-refractivity contribution in [3.63, 3.8) is 0 Å². The number of rotatable bonds is 29. The lowest BCUT2D eigenvalue weighted by Gasteiger charge is -2.39. The molecule has 3 heteroatoms. The first kappa shape index (κ1) is 35.6. The van der Waals surface area contributed by atoms with Gasteiger partial charge in [0.1, 0.15) is 6.61 Å². The van der Waals surface area contributed by atoms with E-state index in [1.807, 2.05) is 0 Å². The Kier molecular flexibility index (Phi) is 25.9. The zero-order valence-electron chi connectivity index (χ0n) is 25.7. The van der Waals surface area contributed by atoms with Gasteiger partial charge in [-0.15, -0.1) is 0 Å². The van der Waals surface area contributed by atoms with Gasteiger partial charge in [0.15, 0.2) is 11.8 Å². The predicted octanol–water partition coefficient (Wildman–Crippen LogP) is 10.0. The van der Waals surface area contributed by atoms with Crippen molar-refractivity contribution in [2.45, 2.75) is 175 Å². The van der Waals surface area contributed by atoms with E-state index >= 15 is 0 Å². The van der Waals surface area contributed by atoms with Gasteiger partial charge in [-0.2, -0.15) is 0 Å². The Labute approximate surface area is 228 Å². The van der Waals surface area contributed by atoms with Gasteiger partial charge in [0.2, 0.25) is 0 Å². The van der Waals surface area contributed by atoms with Gasteiger partial charge < -0.3 is 9.22 Å². The van der Waals surface area contributed by atoms with Gasteiger partial charge in [-0.25, -0.2) is 0 Å². The minimum atomic E-state index is 0.00590. The van der Waals surface area contributed by atoms with E-state index in [9.17, 15) is 4.79 Å². The first-order valence-electron chi connectivity index (χ1n) is 16.5. The summed E-state index contributed by atoms with van der Waals surface area (Å²) in [5, 5.41) is 0. The van der Waals surface area contributed by atoms with Crippen LogP contribution in [0.15, 0.2) is 0 Å². The van der Waals surface area contributed by atoms with Crippen LogP contribution in [-0.4, -0.2) is 49.7 Å². The third kappa shape index (κ3) is 19.7. The molecular weight excluding hydrogens is 442 g/mol. The standard InChI is InChI=1S/C33H68NO2/c1-6-10-12-14-16-18-19-20-22-24-26-28-30-36-31-32(34(5,8-3)9-4)33(35)29-27-25-23-21-17-15-13-11-7-2/h32H,6-31H2,1-5H3/q+1. The summed E-state index contributed by atoms with van der Waals surface area (Å²) in [6.45, 7) is 12.4. The number of hydrogen-bond donors (Lipinski definition) is 0. The molecule has 0 aliphatic rings. The van der Waals surface area contributed by atoms with Crippen molar-refractivity contribution in [2.24, 2.45) is 0 Å². The molecule has 3 nitrogen and oxygen atoms in total. The van der Waals surface area contributed by atoms with E-state index < -0.39 is 0 Å². The third-order valence-electron chi connectivity index (χ3n) is 8.51. The van der Waals surface area contributed by atoms with Crippen LogP contribution in [0.4, 0.5) is 0 Å². The van der Waals surface area contributed by atoms with Crippen molar-refractivity contribution in [1.82, 2.24) is 0 Å². The molecule has 216 valence electrons. The van der Waals surface area contributed by atoms with Gasteiger partial charge in [0.05, 0.1) is 20.1 Å². The topological polar surface area (TPSA) is 26.3 Å². The van der Waals surface area contributed by atoms with Crippen molar-refractivity contribution in [2.75, 3.05) is 33.4 Å². The molecule has 36 heavy (non-hydrogen) atoms. The molecule has 0 aliphatic carbocycles. The average Bonchev–Trinajstić information content (AvgIpc) is 2.89. The number of unbranched alkanes of at least 4 members (excludes halogenated alkanes) is 19. The van der Waals surface area contributed by atoms with Crippen LogP contribution in [0.5, 0.6) is 0 Å². The van der Waals surface area contributed by atoms with E-state index in [-0.39, 0.29) is 6.04 Å². The maximum atomic E-state index is 13.2. The first-order chi connectivity index (χ1) is 17.6. The molecule has 0 aliphatic heterocycles. The Morgan fingerprint density at radius 2 is 0.917 bits per heavy atom. The minimum Gasteiger partial charge on any atom is -0.375 e. The summed E-state index contributed by atoms with van der Waals surface area (Å²) >= 11 is 0. The molecule has 0 rings (SSSR count). The third-order valence-corrected chi connectivity index (χ3v) is 8.51. The van der Waals surface area contributed by atoms with Crippen LogP contribution in [0.25, 0.3) is 0 Å². The number of ketones is 1. The maximum absolute atomic E-state index is 13.2. The van der Waals surface area contributed by atoms with Crippen molar-refractivity contribution in [3.05, 3.63) is 0 Å². The van der Waals surface area contributed by atoms with Crippen LogP contribution in [0.1, 0.15) is 169 Å². The molecule has 0 bridgehead atoms. The highest BCUT2D eigenvalue weighted by Gasteiger charge is 2.35. The summed E-state index contributed by atoms with van der Waals surface area (Å²) < 4.78 is 6.93. The molecule has 0 amide bonds. The van der Waals surface area contributed by atoms with E-state index in [4.69, 9.17) is 4.74 Å². The quantitative estimate of drug-likeness (QED) is 0.0739. The minimum absolute atomic E-state index is 0.00590. The van der Waals surface area contributed by atoms with Gasteiger partial charge >= 0.3 is 0 Å². The summed E-state index contributed by atoms with van der Waals surface area (Å²) in [7, 11) is 2.24. The normalized spacial score (nSPS) is 12.8. The summed E-state index contributed by atoms with van der Waals surface area (Å²) in [5.74, 6) is 0.429. The Balaban J connectivity index is 3.98. The van der Waals surface area contributed by atoms with E-state index in [2.05, 4.69) is 34.7 Å². The first-order valence-corrected chi connectivity index (χ1v) is 16.5. The van der Waals surface area contributed by atoms with Gasteiger partial charge in [0.25, 0.3) is 0 Å². The van der Waals surface area contributed by atoms with Crippen LogP contribution in [0, 0.1) is 0 Å². The number of nitrogens with zero attached hydrogens (tertiary/aromatic N) is 1. The van der Waals surface area contributed by atoms with Crippen LogP contribution < -0.4 is 0 Å². The molecule has 0 heterocycles. The Morgan fingerprint density at radius 1 is 0.556 bits per heavy atom. The lowest BCUT2D eigenvalue weighted by molar-refractivity contribution is -0.921. The Hall–Kier alpha value is -0.410. The zero-order chi connectivity index (χ0) is 26.7. The van der Waals surface area contributed by atoms with Crippen molar-refractivity contribution in [1.29, 1.82) is 0 Å². The number of hydrogen-bond acceptors (Lipinski definition) is 2. The molecule has 1 atom stereocenters. The Morgan fingerprint density at radius 3 is 1.31 bits per heavy atom. The molecule has 0 N–H and O–H groups in total. The summed E-state index contributed by atoms with van der Waals surface area (Å²) in [5.41, 5.74) is 0. The second-order valence-electron chi connectivity index (χ2n) is 11.6. The second-order valence-corrected chi connectivity index (χ2v) is 11.6. The van der Waals surface area contributed by atoms with Gasteiger partial charge in [-0.3, -0.25) is 4.79 Å². The highest BCUT2D eigenvalue weighted by atomic mass is 16.5.